The number of hydrogen-bond acceptors (Lipinski definition) is 6. The summed E-state index contributed by atoms with van der Waals surface area (Å²) in [5.74, 6) is -0.865. The van der Waals surface area contributed by atoms with Crippen molar-refractivity contribution < 1.29 is 23.2 Å². The average molecular weight is 280 g/mol. The van der Waals surface area contributed by atoms with Crippen molar-refractivity contribution in [3.63, 3.8) is 0 Å². The lowest BCUT2D eigenvalue weighted by molar-refractivity contribution is -0.135. The molecule has 0 spiro atoms. The van der Waals surface area contributed by atoms with E-state index < -0.39 is 14.8 Å². The number of aliphatic carboxylic acids is 1. The molecule has 8 heteroatoms. The normalized spacial score (nSPS) is 11.7. The van der Waals surface area contributed by atoms with E-state index >= 15 is 0 Å². The molecule has 0 aromatic heterocycles. The minimum Gasteiger partial charge on any atom is -0.480 e. The smallest absolute Gasteiger partial charge is 0.480 e. The monoisotopic (exact) mass is 280 g/mol. The van der Waals surface area contributed by atoms with Gasteiger partial charge in [0.2, 0.25) is 0 Å². The Hall–Kier alpha value is -0.513. The molecule has 4 N–H and O–H groups in total. The van der Waals surface area contributed by atoms with E-state index in [1.165, 1.54) is 0 Å². The van der Waals surface area contributed by atoms with Gasteiger partial charge in [0.15, 0.2) is 0 Å². The first-order valence-electron chi connectivity index (χ1n) is 5.97. The lowest BCUT2D eigenvalue weighted by Gasteiger charge is -2.26. The van der Waals surface area contributed by atoms with Gasteiger partial charge in [0.25, 0.3) is 0 Å². The first kappa shape index (κ1) is 17.5. The van der Waals surface area contributed by atoms with Crippen molar-refractivity contribution in [2.45, 2.75) is 18.9 Å². The summed E-state index contributed by atoms with van der Waals surface area (Å²) < 4.78 is 16.4. The summed E-state index contributed by atoms with van der Waals surface area (Å²) in [4.78, 5) is 10.3. The Morgan fingerprint density at radius 1 is 1.33 bits per heavy atom. The predicted molar refractivity (Wildman–Crippen MR) is 69.3 cm³/mol. The molecule has 0 aromatic carbocycles. The Morgan fingerprint density at radius 2 is 2.00 bits per heavy atom. The second kappa shape index (κ2) is 10.4. The quantitative estimate of drug-likeness (QED) is 0.331. The van der Waals surface area contributed by atoms with Gasteiger partial charge in [0.1, 0.15) is 0 Å². The van der Waals surface area contributed by atoms with Crippen LogP contribution in [0.5, 0.6) is 0 Å². The highest BCUT2D eigenvalue weighted by molar-refractivity contribution is 6.60. The third kappa shape index (κ3) is 7.74. The number of carboxylic acid groups (broad SMARTS) is 1. The maximum atomic E-state index is 10.3. The summed E-state index contributed by atoms with van der Waals surface area (Å²) in [6.45, 7) is 1.64. The van der Waals surface area contributed by atoms with Crippen LogP contribution in [0.2, 0.25) is 6.04 Å². The van der Waals surface area contributed by atoms with Gasteiger partial charge in [-0.15, -0.1) is 0 Å². The van der Waals surface area contributed by atoms with Crippen molar-refractivity contribution in [3.8, 4) is 0 Å². The van der Waals surface area contributed by atoms with Gasteiger partial charge in [-0.2, -0.15) is 0 Å². The van der Waals surface area contributed by atoms with Crippen LogP contribution in [0.1, 0.15) is 12.8 Å². The second-order valence-electron chi connectivity index (χ2n) is 3.76. The highest BCUT2D eigenvalue weighted by Crippen LogP contribution is 2.15. The van der Waals surface area contributed by atoms with Crippen molar-refractivity contribution in [1.82, 2.24) is 5.32 Å². The average Bonchev–Trinajstić information content (AvgIpc) is 2.36. The summed E-state index contributed by atoms with van der Waals surface area (Å²) in [6.07, 6.45) is 1.50. The third-order valence-electron chi connectivity index (χ3n) is 2.41. The summed E-state index contributed by atoms with van der Waals surface area (Å²) in [7, 11) is 0.544. The van der Waals surface area contributed by atoms with Crippen molar-refractivity contribution in [3.05, 3.63) is 0 Å². The molecule has 0 saturated carbocycles. The fraction of sp³-hybridized carbons (Fsp3) is 0.900. The van der Waals surface area contributed by atoms with Crippen molar-refractivity contribution >= 4 is 14.8 Å². The molecule has 7 nitrogen and oxygen atoms in total. The van der Waals surface area contributed by atoms with Gasteiger partial charge in [-0.1, -0.05) is 0 Å². The van der Waals surface area contributed by atoms with Crippen LogP contribution in [-0.2, 0) is 18.1 Å². The zero-order valence-electron chi connectivity index (χ0n) is 11.1. The van der Waals surface area contributed by atoms with Crippen LogP contribution < -0.4 is 11.1 Å². The van der Waals surface area contributed by atoms with E-state index in [4.69, 9.17) is 24.1 Å². The Labute approximate surface area is 109 Å². The Bertz CT molecular complexity index is 226. The second-order valence-corrected chi connectivity index (χ2v) is 6.73. The maximum Gasteiger partial charge on any atom is 0.500 e. The molecule has 108 valence electrons. The van der Waals surface area contributed by atoms with E-state index in [-0.39, 0.29) is 6.54 Å². The van der Waals surface area contributed by atoms with Crippen molar-refractivity contribution in [2.24, 2.45) is 5.73 Å². The van der Waals surface area contributed by atoms with Gasteiger partial charge < -0.3 is 29.4 Å². The van der Waals surface area contributed by atoms with Crippen molar-refractivity contribution in [2.75, 3.05) is 40.5 Å². The van der Waals surface area contributed by atoms with Gasteiger partial charge in [-0.3, -0.25) is 4.79 Å². The zero-order valence-corrected chi connectivity index (χ0v) is 12.1. The summed E-state index contributed by atoms with van der Waals surface area (Å²) in [5.41, 5.74) is 5.40. The topological polar surface area (TPSA) is 103 Å². The molecule has 0 aromatic rings. The van der Waals surface area contributed by atoms with E-state index in [0.717, 1.165) is 12.8 Å². The molecule has 0 radical (unpaired) electrons. The number of hydrogen-bond donors (Lipinski definition) is 3. The third-order valence-corrected chi connectivity index (χ3v) is 5.26. The van der Waals surface area contributed by atoms with Gasteiger partial charge in [-0.25, -0.2) is 0 Å². The number of nitrogens with one attached hydrogen (secondary N) is 1. The minimum absolute atomic E-state index is 0.0391. The molecule has 0 unspecified atom stereocenters. The van der Waals surface area contributed by atoms with Gasteiger partial charge >= 0.3 is 14.8 Å². The molecule has 18 heavy (non-hydrogen) atoms. The number of rotatable bonds is 12. The summed E-state index contributed by atoms with van der Waals surface area (Å²) in [6, 6.07) is 0.650. The Kier molecular flexibility index (Phi) is 10.1. The zero-order chi connectivity index (χ0) is 13.9. The molecule has 0 aliphatic carbocycles. The largest absolute Gasteiger partial charge is 0.500 e. The lowest BCUT2D eigenvalue weighted by atomic mass is 10.5. The summed E-state index contributed by atoms with van der Waals surface area (Å²) >= 11 is 0. The Morgan fingerprint density at radius 3 is 2.50 bits per heavy atom. The van der Waals surface area contributed by atoms with Gasteiger partial charge in [-0.05, 0) is 25.9 Å². The molecule has 0 fully saturated rings. The van der Waals surface area contributed by atoms with E-state index in [2.05, 4.69) is 5.32 Å². The predicted octanol–water partition coefficient (Wildman–Crippen LogP) is -0.352. The van der Waals surface area contributed by atoms with Crippen LogP contribution in [0.15, 0.2) is 0 Å². The standard InChI is InChI=1S/C10H24N2O5Si/c1-15-18(16-2,17-7-3-5-11)8-4-6-12-9-10(13)14/h12H,3-9,11H2,1-2H3,(H,13,14). The molecule has 0 aliphatic rings. The first-order valence-corrected chi connectivity index (χ1v) is 7.90. The van der Waals surface area contributed by atoms with Crippen LogP contribution in [-0.4, -0.2) is 60.3 Å². The van der Waals surface area contributed by atoms with E-state index in [1.807, 2.05) is 0 Å². The lowest BCUT2D eigenvalue weighted by Crippen LogP contribution is -2.44. The van der Waals surface area contributed by atoms with Crippen LogP contribution >= 0.6 is 0 Å². The van der Waals surface area contributed by atoms with Gasteiger partial charge in [0.05, 0.1) is 6.54 Å². The van der Waals surface area contributed by atoms with Gasteiger partial charge in [0, 0.05) is 26.9 Å². The summed E-state index contributed by atoms with van der Waals surface area (Å²) in [5, 5.41) is 11.3. The van der Waals surface area contributed by atoms with E-state index in [1.54, 1.807) is 14.2 Å². The fourth-order valence-electron chi connectivity index (χ4n) is 1.41. The molecule has 0 rings (SSSR count). The molecule has 0 atom stereocenters. The fourth-order valence-corrected chi connectivity index (χ4v) is 3.43. The number of nitrogens with two attached hydrogens (primary N) is 1. The highest BCUT2D eigenvalue weighted by atomic mass is 28.4. The molecular weight excluding hydrogens is 256 g/mol. The molecule has 0 heterocycles. The van der Waals surface area contributed by atoms with Crippen LogP contribution in [0.3, 0.4) is 0 Å². The van der Waals surface area contributed by atoms with Crippen molar-refractivity contribution in [1.29, 1.82) is 0 Å². The Balaban J connectivity index is 3.90. The van der Waals surface area contributed by atoms with Crippen LogP contribution in [0.25, 0.3) is 0 Å². The minimum atomic E-state index is -2.60. The molecular formula is C10H24N2O5Si. The molecule has 0 bridgehead atoms. The molecule has 0 saturated heterocycles. The highest BCUT2D eigenvalue weighted by Gasteiger charge is 2.38. The molecule has 0 amide bonds. The maximum absolute atomic E-state index is 10.3. The molecule has 0 aliphatic heterocycles. The number of carbonyl (C=O) groups is 1. The van der Waals surface area contributed by atoms with E-state index in [0.29, 0.717) is 25.7 Å². The van der Waals surface area contributed by atoms with E-state index in [9.17, 15) is 4.79 Å². The number of carboxylic acids is 1. The van der Waals surface area contributed by atoms with Crippen LogP contribution in [0, 0.1) is 0 Å². The van der Waals surface area contributed by atoms with Crippen LogP contribution in [0.4, 0.5) is 0 Å². The SMILES string of the molecule is CO[Si](CCCNCC(=O)O)(OC)OCCCN. The first-order chi connectivity index (χ1) is 8.60.